The first kappa shape index (κ1) is 18.3. The van der Waals surface area contributed by atoms with Crippen LogP contribution >= 0.6 is 0 Å². The molecular formula is C17H23N5O4. The molecular weight excluding hydrogens is 338 g/mol. The minimum Gasteiger partial charge on any atom is -0.481 e. The monoisotopic (exact) mass is 361 g/mol. The third-order valence-electron chi connectivity index (χ3n) is 4.56. The van der Waals surface area contributed by atoms with Gasteiger partial charge >= 0.3 is 0 Å². The lowest BCUT2D eigenvalue weighted by Gasteiger charge is -2.35. The van der Waals surface area contributed by atoms with Crippen LogP contribution in [-0.4, -0.2) is 57.6 Å². The summed E-state index contributed by atoms with van der Waals surface area (Å²) in [5.41, 5.74) is 0.500. The third-order valence-corrected chi connectivity index (χ3v) is 4.56. The molecule has 0 radical (unpaired) electrons. The normalized spacial score (nSPS) is 19.0. The highest BCUT2D eigenvalue weighted by Crippen LogP contribution is 2.36. The molecule has 2 aromatic rings. The van der Waals surface area contributed by atoms with Gasteiger partial charge in [-0.2, -0.15) is 0 Å². The van der Waals surface area contributed by atoms with Crippen molar-refractivity contribution in [1.29, 1.82) is 0 Å². The summed E-state index contributed by atoms with van der Waals surface area (Å²) in [5, 5.41) is 20.7. The minimum absolute atomic E-state index is 0.0831. The number of aromatic nitrogens is 4. The van der Waals surface area contributed by atoms with E-state index in [4.69, 9.17) is 9.47 Å². The van der Waals surface area contributed by atoms with Crippen molar-refractivity contribution < 1.29 is 19.4 Å². The Morgan fingerprint density at radius 3 is 2.77 bits per heavy atom. The van der Waals surface area contributed by atoms with Crippen LogP contribution in [0.4, 0.5) is 0 Å². The summed E-state index contributed by atoms with van der Waals surface area (Å²) in [4.78, 5) is 16.3. The van der Waals surface area contributed by atoms with Crippen LogP contribution in [-0.2, 0) is 17.9 Å². The first-order valence-electron chi connectivity index (χ1n) is 8.49. The molecule has 0 atom stereocenters. The van der Waals surface area contributed by atoms with E-state index in [0.29, 0.717) is 30.4 Å². The second kappa shape index (κ2) is 8.24. The molecule has 140 valence electrons. The molecule has 0 bridgehead atoms. The lowest BCUT2D eigenvalue weighted by Crippen LogP contribution is -2.44. The second-order valence-corrected chi connectivity index (χ2v) is 6.20. The molecule has 1 aliphatic rings. The van der Waals surface area contributed by atoms with E-state index in [-0.39, 0.29) is 24.5 Å². The zero-order valence-electron chi connectivity index (χ0n) is 14.9. The highest BCUT2D eigenvalue weighted by atomic mass is 16.5. The van der Waals surface area contributed by atoms with Gasteiger partial charge in [0.1, 0.15) is 12.4 Å². The van der Waals surface area contributed by atoms with E-state index in [1.165, 1.54) is 13.3 Å². The van der Waals surface area contributed by atoms with Gasteiger partial charge in [-0.3, -0.25) is 4.79 Å². The number of hydrogen-bond donors (Lipinski definition) is 2. The molecule has 9 nitrogen and oxygen atoms in total. The molecule has 1 aliphatic carbocycles. The van der Waals surface area contributed by atoms with E-state index in [9.17, 15) is 9.90 Å². The Balaban J connectivity index is 1.57. The molecule has 2 N–H and O–H groups in total. The second-order valence-electron chi connectivity index (χ2n) is 6.20. The van der Waals surface area contributed by atoms with Crippen molar-refractivity contribution in [3.63, 3.8) is 0 Å². The summed E-state index contributed by atoms with van der Waals surface area (Å²) in [6, 6.07) is 3.43. The van der Waals surface area contributed by atoms with Gasteiger partial charge in [0.25, 0.3) is 5.91 Å². The van der Waals surface area contributed by atoms with Gasteiger partial charge in [-0.25, -0.2) is 4.98 Å². The van der Waals surface area contributed by atoms with Gasteiger partial charge in [0.05, 0.1) is 19.3 Å². The fourth-order valence-electron chi connectivity index (χ4n) is 3.04. The van der Waals surface area contributed by atoms with E-state index >= 15 is 0 Å². The highest BCUT2D eigenvalue weighted by Gasteiger charge is 2.35. The van der Waals surface area contributed by atoms with Gasteiger partial charge < -0.3 is 24.5 Å². The molecule has 0 aliphatic heterocycles. The lowest BCUT2D eigenvalue weighted by molar-refractivity contribution is 0.0906. The van der Waals surface area contributed by atoms with E-state index in [0.717, 1.165) is 18.7 Å². The number of aliphatic hydroxyl groups is 1. The predicted octanol–water partition coefficient (Wildman–Crippen LogP) is 0.496. The van der Waals surface area contributed by atoms with Crippen LogP contribution in [0.1, 0.15) is 40.8 Å². The highest BCUT2D eigenvalue weighted by molar-refractivity contribution is 5.94. The Hall–Kier alpha value is -2.52. The topological polar surface area (TPSA) is 111 Å². The Morgan fingerprint density at radius 1 is 1.35 bits per heavy atom. The van der Waals surface area contributed by atoms with Gasteiger partial charge in [-0.05, 0) is 18.9 Å². The number of carbonyl (C=O) groups excluding carboxylic acids is 1. The van der Waals surface area contributed by atoms with Gasteiger partial charge in [0.2, 0.25) is 5.88 Å². The molecule has 0 saturated heterocycles. The van der Waals surface area contributed by atoms with Crippen molar-refractivity contribution in [2.45, 2.75) is 38.0 Å². The van der Waals surface area contributed by atoms with Gasteiger partial charge in [0.15, 0.2) is 5.82 Å². The number of aliphatic hydroxyl groups excluding tert-OH is 1. The molecule has 0 spiro atoms. The summed E-state index contributed by atoms with van der Waals surface area (Å²) >= 11 is 0. The van der Waals surface area contributed by atoms with E-state index in [1.54, 1.807) is 19.2 Å². The molecule has 1 fully saturated rings. The summed E-state index contributed by atoms with van der Waals surface area (Å²) in [6.45, 7) is 0.962. The van der Waals surface area contributed by atoms with Gasteiger partial charge in [-0.15, -0.1) is 10.2 Å². The van der Waals surface area contributed by atoms with Crippen LogP contribution in [0.2, 0.25) is 0 Å². The van der Waals surface area contributed by atoms with Gasteiger partial charge in [-0.1, -0.05) is 0 Å². The number of hydrogen-bond acceptors (Lipinski definition) is 7. The Labute approximate surface area is 151 Å². The molecule has 1 amide bonds. The maximum Gasteiger partial charge on any atom is 0.253 e. The zero-order valence-corrected chi connectivity index (χ0v) is 14.9. The molecule has 2 heterocycles. The fraction of sp³-hybridized carbons (Fsp3) is 0.529. The number of methoxy groups -OCH3 is 2. The van der Waals surface area contributed by atoms with Crippen molar-refractivity contribution in [2.24, 2.45) is 0 Å². The van der Waals surface area contributed by atoms with Crippen molar-refractivity contribution >= 4 is 5.91 Å². The molecule has 9 heteroatoms. The Morgan fingerprint density at radius 2 is 2.15 bits per heavy atom. The number of carbonyl (C=O) groups is 1. The molecule has 26 heavy (non-hydrogen) atoms. The van der Waals surface area contributed by atoms with Crippen molar-refractivity contribution in [3.8, 4) is 5.88 Å². The van der Waals surface area contributed by atoms with E-state index in [2.05, 4.69) is 20.5 Å². The smallest absolute Gasteiger partial charge is 0.253 e. The van der Waals surface area contributed by atoms with Crippen LogP contribution in [0.15, 0.2) is 18.3 Å². The van der Waals surface area contributed by atoms with Crippen LogP contribution < -0.4 is 10.1 Å². The zero-order chi connectivity index (χ0) is 18.5. The number of ether oxygens (including phenoxy) is 2. The maximum atomic E-state index is 12.3. The minimum atomic E-state index is -0.159. The molecule has 3 rings (SSSR count). The molecule has 1 saturated carbocycles. The molecule has 0 aromatic carbocycles. The number of amides is 1. The first-order valence-corrected chi connectivity index (χ1v) is 8.49. The average Bonchev–Trinajstić information content (AvgIpc) is 3.04. The summed E-state index contributed by atoms with van der Waals surface area (Å²) in [5.74, 6) is 1.90. The van der Waals surface area contributed by atoms with Crippen LogP contribution in [0.5, 0.6) is 5.88 Å². The van der Waals surface area contributed by atoms with Crippen molar-refractivity contribution in [1.82, 2.24) is 25.1 Å². The predicted molar refractivity (Wildman–Crippen MR) is 91.8 cm³/mol. The largest absolute Gasteiger partial charge is 0.481 e. The molecule has 0 unspecified atom stereocenters. The number of nitrogens with one attached hydrogen (secondary N) is 1. The average molecular weight is 361 g/mol. The first-order chi connectivity index (χ1) is 12.7. The van der Waals surface area contributed by atoms with E-state index in [1.807, 2.05) is 4.57 Å². The fourth-order valence-corrected chi connectivity index (χ4v) is 3.04. The van der Waals surface area contributed by atoms with Crippen molar-refractivity contribution in [3.05, 3.63) is 35.5 Å². The summed E-state index contributed by atoms with van der Waals surface area (Å²) in [6.07, 6.45) is 3.07. The summed E-state index contributed by atoms with van der Waals surface area (Å²) < 4.78 is 12.0. The summed E-state index contributed by atoms with van der Waals surface area (Å²) in [7, 11) is 3.16. The number of nitrogens with zero attached hydrogens (tertiary/aromatic N) is 4. The third kappa shape index (κ3) is 3.83. The van der Waals surface area contributed by atoms with Crippen LogP contribution in [0.3, 0.4) is 0 Å². The SMILES string of the molecule is COCCn1c(CO)nnc1C1CC(NC(=O)c2ccc(OC)nc2)C1. The quantitative estimate of drug-likeness (QED) is 0.704. The number of rotatable bonds is 8. The maximum absolute atomic E-state index is 12.3. The molecule has 2 aromatic heterocycles. The van der Waals surface area contributed by atoms with E-state index < -0.39 is 0 Å². The standard InChI is InChI=1S/C17H23N5O4/c1-25-6-5-22-14(10-23)20-21-16(22)12-7-13(8-12)19-17(24)11-3-4-15(26-2)18-9-11/h3-4,9,12-13,23H,5-8,10H2,1-2H3,(H,19,24). The van der Waals surface area contributed by atoms with Gasteiger partial charge in [0, 0.05) is 37.9 Å². The Bertz CT molecular complexity index is 740. The van der Waals surface area contributed by atoms with Crippen LogP contribution in [0.25, 0.3) is 0 Å². The van der Waals surface area contributed by atoms with Crippen LogP contribution in [0, 0.1) is 0 Å². The van der Waals surface area contributed by atoms with Crippen molar-refractivity contribution in [2.75, 3.05) is 20.8 Å². The number of pyridine rings is 1. The lowest BCUT2D eigenvalue weighted by atomic mass is 9.79. The Kier molecular flexibility index (Phi) is 5.79.